The lowest BCUT2D eigenvalue weighted by atomic mass is 10.1. The van der Waals surface area contributed by atoms with Gasteiger partial charge < -0.3 is 32.5 Å². The van der Waals surface area contributed by atoms with Gasteiger partial charge in [0.1, 0.15) is 12.1 Å². The molecular weight excluding hydrogens is 258 g/mol. The molecule has 0 radical (unpaired) electrons. The van der Waals surface area contributed by atoms with Gasteiger partial charge in [-0.05, 0) is 19.4 Å². The van der Waals surface area contributed by atoms with Crippen LogP contribution in [0.15, 0.2) is 0 Å². The highest BCUT2D eigenvalue weighted by Gasteiger charge is 2.14. The van der Waals surface area contributed by atoms with Gasteiger partial charge in [0, 0.05) is 0 Å². The Balaban J connectivity index is 0. The zero-order valence-corrected chi connectivity index (χ0v) is 10.5. The minimum atomic E-state index is -1.29. The van der Waals surface area contributed by atoms with E-state index in [0.717, 1.165) is 12.8 Å². The molecule has 0 bridgehead atoms. The molecule has 112 valence electrons. The maximum absolute atomic E-state index is 10.1. The van der Waals surface area contributed by atoms with Gasteiger partial charge in [0.05, 0.1) is 6.42 Å². The molecule has 0 aromatic carbocycles. The second-order valence-electron chi connectivity index (χ2n) is 3.77. The highest BCUT2D eigenvalue weighted by atomic mass is 16.4. The fourth-order valence-electron chi connectivity index (χ4n) is 0.908. The third kappa shape index (κ3) is 14.2. The monoisotopic (exact) mass is 279 g/mol. The first-order valence-corrected chi connectivity index (χ1v) is 5.61. The van der Waals surface area contributed by atoms with E-state index in [-0.39, 0.29) is 0 Å². The van der Waals surface area contributed by atoms with Gasteiger partial charge in [-0.25, -0.2) is 0 Å². The Hall–Kier alpha value is -1.71. The second kappa shape index (κ2) is 11.4. The summed E-state index contributed by atoms with van der Waals surface area (Å²) in [6.45, 7) is 0.604. The van der Waals surface area contributed by atoms with Crippen LogP contribution in [-0.2, 0) is 14.4 Å². The van der Waals surface area contributed by atoms with Crippen LogP contribution in [0.1, 0.15) is 25.7 Å². The molecule has 0 aliphatic carbocycles. The maximum atomic E-state index is 10.1. The highest BCUT2D eigenvalue weighted by Crippen LogP contribution is 1.96. The SMILES string of the molecule is NCCCC[C@H](N)C(=O)O.N[C@H](CC(=O)O)C(=O)O. The van der Waals surface area contributed by atoms with Gasteiger partial charge in [0.25, 0.3) is 0 Å². The van der Waals surface area contributed by atoms with Crippen molar-refractivity contribution in [3.63, 3.8) is 0 Å². The first kappa shape index (κ1) is 19.6. The lowest BCUT2D eigenvalue weighted by molar-refractivity contribution is -0.144. The van der Waals surface area contributed by atoms with Crippen molar-refractivity contribution >= 4 is 17.9 Å². The lowest BCUT2D eigenvalue weighted by Crippen LogP contribution is -2.32. The summed E-state index contributed by atoms with van der Waals surface area (Å²) >= 11 is 0. The third-order valence-electron chi connectivity index (χ3n) is 2.00. The molecule has 9 nitrogen and oxygen atoms in total. The standard InChI is InChI=1S/C6H14N2O2.C4H7NO4/c7-4-2-1-3-5(8)6(9)10;5-2(4(8)9)1-3(6)7/h5H,1-4,7-8H2,(H,9,10);2H,1,5H2,(H,6,7)(H,8,9)/t5-;2-/m01/s1. The molecule has 0 aliphatic rings. The Bertz CT molecular complexity index is 297. The number of hydrogen-bond acceptors (Lipinski definition) is 6. The number of carbonyl (C=O) groups is 3. The van der Waals surface area contributed by atoms with Crippen LogP contribution < -0.4 is 17.2 Å². The van der Waals surface area contributed by atoms with Crippen LogP contribution in [-0.4, -0.2) is 51.9 Å². The summed E-state index contributed by atoms with van der Waals surface area (Å²) < 4.78 is 0. The van der Waals surface area contributed by atoms with Gasteiger partial charge in [0.15, 0.2) is 0 Å². The van der Waals surface area contributed by atoms with Crippen LogP contribution in [0.5, 0.6) is 0 Å². The van der Waals surface area contributed by atoms with E-state index >= 15 is 0 Å². The molecule has 0 aromatic rings. The molecule has 0 amide bonds. The Morgan fingerprint density at radius 3 is 1.63 bits per heavy atom. The minimum absolute atomic E-state index is 0.520. The Morgan fingerprint density at radius 2 is 1.37 bits per heavy atom. The van der Waals surface area contributed by atoms with Crippen molar-refractivity contribution in [1.29, 1.82) is 0 Å². The first-order chi connectivity index (χ1) is 8.72. The van der Waals surface area contributed by atoms with Crippen LogP contribution >= 0.6 is 0 Å². The Labute approximate surface area is 110 Å². The summed E-state index contributed by atoms with van der Waals surface area (Å²) in [4.78, 5) is 29.8. The molecular formula is C10H21N3O6. The average Bonchev–Trinajstić information content (AvgIpc) is 2.28. The van der Waals surface area contributed by atoms with Crippen molar-refractivity contribution in [1.82, 2.24) is 0 Å². The van der Waals surface area contributed by atoms with Crippen molar-refractivity contribution in [3.05, 3.63) is 0 Å². The van der Waals surface area contributed by atoms with E-state index in [1.165, 1.54) is 0 Å². The van der Waals surface area contributed by atoms with Crippen LogP contribution in [0.2, 0.25) is 0 Å². The van der Waals surface area contributed by atoms with Crippen molar-refractivity contribution in [3.8, 4) is 0 Å². The molecule has 0 heterocycles. The Morgan fingerprint density at radius 1 is 0.895 bits per heavy atom. The number of carboxylic acids is 3. The van der Waals surface area contributed by atoms with Gasteiger partial charge in [-0.15, -0.1) is 0 Å². The van der Waals surface area contributed by atoms with E-state index in [1.807, 2.05) is 0 Å². The summed E-state index contributed by atoms with van der Waals surface area (Å²) in [6, 6.07) is -2.01. The molecule has 0 spiro atoms. The predicted octanol–water partition coefficient (Wildman–Crippen LogP) is -1.60. The van der Waals surface area contributed by atoms with Crippen LogP contribution in [0, 0.1) is 0 Å². The molecule has 2 atom stereocenters. The van der Waals surface area contributed by atoms with E-state index in [1.54, 1.807) is 0 Å². The minimum Gasteiger partial charge on any atom is -0.481 e. The molecule has 0 rings (SSSR count). The van der Waals surface area contributed by atoms with Gasteiger partial charge >= 0.3 is 17.9 Å². The van der Waals surface area contributed by atoms with Crippen molar-refractivity contribution in [2.45, 2.75) is 37.8 Å². The van der Waals surface area contributed by atoms with Crippen molar-refractivity contribution < 1.29 is 29.7 Å². The average molecular weight is 279 g/mol. The number of rotatable bonds is 8. The quantitative estimate of drug-likeness (QED) is 0.284. The predicted molar refractivity (Wildman–Crippen MR) is 66.4 cm³/mol. The smallest absolute Gasteiger partial charge is 0.321 e. The van der Waals surface area contributed by atoms with Gasteiger partial charge in [-0.1, -0.05) is 6.42 Å². The summed E-state index contributed by atoms with van der Waals surface area (Å²) in [6.07, 6.45) is 1.63. The molecule has 0 aliphatic heterocycles. The van der Waals surface area contributed by atoms with E-state index in [2.05, 4.69) is 0 Å². The van der Waals surface area contributed by atoms with E-state index in [9.17, 15) is 14.4 Å². The molecule has 0 fully saturated rings. The Kier molecular flexibility index (Phi) is 11.8. The zero-order chi connectivity index (χ0) is 15.4. The van der Waals surface area contributed by atoms with E-state index in [4.69, 9.17) is 32.5 Å². The number of carboxylic acid groups (broad SMARTS) is 3. The molecule has 9 heteroatoms. The first-order valence-electron chi connectivity index (χ1n) is 5.61. The van der Waals surface area contributed by atoms with Crippen molar-refractivity contribution in [2.24, 2.45) is 17.2 Å². The van der Waals surface area contributed by atoms with Gasteiger partial charge in [-0.2, -0.15) is 0 Å². The molecule has 0 saturated carbocycles. The maximum Gasteiger partial charge on any atom is 0.321 e. The zero-order valence-electron chi connectivity index (χ0n) is 10.5. The summed E-state index contributed by atoms with van der Waals surface area (Å²) in [5, 5.41) is 24.4. The number of nitrogens with two attached hydrogens (primary N) is 3. The summed E-state index contributed by atoms with van der Waals surface area (Å²) in [5.41, 5.74) is 15.3. The second-order valence-corrected chi connectivity index (χ2v) is 3.77. The molecule has 0 saturated heterocycles. The van der Waals surface area contributed by atoms with Gasteiger partial charge in [0.2, 0.25) is 0 Å². The largest absolute Gasteiger partial charge is 0.481 e. The van der Waals surface area contributed by atoms with Crippen LogP contribution in [0.4, 0.5) is 0 Å². The van der Waals surface area contributed by atoms with Crippen LogP contribution in [0.25, 0.3) is 0 Å². The topological polar surface area (TPSA) is 190 Å². The lowest BCUT2D eigenvalue weighted by Gasteiger charge is -2.03. The third-order valence-corrected chi connectivity index (χ3v) is 2.00. The molecule has 0 aromatic heterocycles. The normalized spacial score (nSPS) is 12.8. The molecule has 0 unspecified atom stereocenters. The number of aliphatic carboxylic acids is 3. The van der Waals surface area contributed by atoms with Crippen LogP contribution in [0.3, 0.4) is 0 Å². The number of hydrogen-bond donors (Lipinski definition) is 6. The van der Waals surface area contributed by atoms with Crippen molar-refractivity contribution in [2.75, 3.05) is 6.54 Å². The van der Waals surface area contributed by atoms with E-state index in [0.29, 0.717) is 13.0 Å². The summed E-state index contributed by atoms with van der Waals surface area (Å²) in [7, 11) is 0. The fraction of sp³-hybridized carbons (Fsp3) is 0.700. The van der Waals surface area contributed by atoms with E-state index < -0.39 is 36.4 Å². The van der Waals surface area contributed by atoms with Gasteiger partial charge in [-0.3, -0.25) is 14.4 Å². The number of unbranched alkanes of at least 4 members (excludes halogenated alkanes) is 1. The highest BCUT2D eigenvalue weighted by molar-refractivity contribution is 5.80. The summed E-state index contributed by atoms with van der Waals surface area (Å²) in [5.74, 6) is -3.43. The molecule has 9 N–H and O–H groups in total. The fourth-order valence-corrected chi connectivity index (χ4v) is 0.908. The molecule has 19 heavy (non-hydrogen) atoms.